The van der Waals surface area contributed by atoms with E-state index in [1.54, 1.807) is 0 Å². The van der Waals surface area contributed by atoms with Crippen LogP contribution in [0, 0.1) is 5.92 Å². The van der Waals surface area contributed by atoms with Crippen molar-refractivity contribution in [2.75, 3.05) is 13.1 Å². The van der Waals surface area contributed by atoms with Crippen LogP contribution in [0.1, 0.15) is 46.5 Å². The Bertz CT molecular complexity index is 308. The van der Waals surface area contributed by atoms with Crippen LogP contribution in [-0.2, 0) is 9.59 Å². The predicted octanol–water partition coefficient (Wildman–Crippen LogP) is 1.48. The molecule has 0 bridgehead atoms. The average Bonchev–Trinajstić information content (AvgIpc) is 2.40. The zero-order chi connectivity index (χ0) is 14.4. The van der Waals surface area contributed by atoms with Crippen molar-refractivity contribution in [3.8, 4) is 0 Å². The fourth-order valence-corrected chi connectivity index (χ4v) is 2.74. The smallest absolute Gasteiger partial charge is 0.306 e. The van der Waals surface area contributed by atoms with E-state index < -0.39 is 5.97 Å². The Morgan fingerprint density at radius 2 is 1.74 bits per heavy atom. The standard InChI is InChI=1S/C14H26N2O3/c1-4-16(5-2)13(17)10(3)15-12-8-6-11(7-9-12)14(18)19/h10-12,15H,4-9H2,1-3H3,(H,18,19). The number of nitrogens with zero attached hydrogens (tertiary/aromatic N) is 1. The lowest BCUT2D eigenvalue weighted by Crippen LogP contribution is -2.49. The third kappa shape index (κ3) is 4.49. The van der Waals surface area contributed by atoms with E-state index in [9.17, 15) is 9.59 Å². The normalized spacial score (nSPS) is 24.8. The maximum absolute atomic E-state index is 12.1. The molecule has 1 aliphatic carbocycles. The number of carbonyl (C=O) groups excluding carboxylic acids is 1. The summed E-state index contributed by atoms with van der Waals surface area (Å²) in [6.07, 6.45) is 3.10. The van der Waals surface area contributed by atoms with Crippen LogP contribution in [0.4, 0.5) is 0 Å². The monoisotopic (exact) mass is 270 g/mol. The first kappa shape index (κ1) is 16.0. The van der Waals surface area contributed by atoms with Crippen LogP contribution in [0.15, 0.2) is 0 Å². The number of amides is 1. The maximum Gasteiger partial charge on any atom is 0.306 e. The van der Waals surface area contributed by atoms with Gasteiger partial charge in [-0.2, -0.15) is 0 Å². The van der Waals surface area contributed by atoms with Crippen LogP contribution in [0.25, 0.3) is 0 Å². The van der Waals surface area contributed by atoms with Crippen molar-refractivity contribution in [2.45, 2.75) is 58.5 Å². The van der Waals surface area contributed by atoms with Gasteiger partial charge in [0, 0.05) is 19.1 Å². The fraction of sp³-hybridized carbons (Fsp3) is 0.857. The van der Waals surface area contributed by atoms with Gasteiger partial charge in [-0.25, -0.2) is 0 Å². The predicted molar refractivity (Wildman–Crippen MR) is 73.9 cm³/mol. The van der Waals surface area contributed by atoms with Crippen molar-refractivity contribution in [1.29, 1.82) is 0 Å². The molecule has 110 valence electrons. The number of rotatable bonds is 6. The van der Waals surface area contributed by atoms with E-state index in [0.29, 0.717) is 12.8 Å². The molecule has 0 aromatic rings. The quantitative estimate of drug-likeness (QED) is 0.767. The highest BCUT2D eigenvalue weighted by Gasteiger charge is 2.28. The van der Waals surface area contributed by atoms with Gasteiger partial charge >= 0.3 is 5.97 Å². The SMILES string of the molecule is CCN(CC)C(=O)C(C)NC1CCC(C(=O)O)CC1. The maximum atomic E-state index is 12.1. The molecule has 1 aliphatic rings. The van der Waals surface area contributed by atoms with Crippen LogP contribution in [0.5, 0.6) is 0 Å². The van der Waals surface area contributed by atoms with Crippen LogP contribution >= 0.6 is 0 Å². The number of likely N-dealkylation sites (N-methyl/N-ethyl adjacent to an activating group) is 1. The van der Waals surface area contributed by atoms with E-state index in [4.69, 9.17) is 5.11 Å². The minimum absolute atomic E-state index is 0.130. The molecule has 1 unspecified atom stereocenters. The summed E-state index contributed by atoms with van der Waals surface area (Å²) in [5.74, 6) is -0.761. The van der Waals surface area contributed by atoms with E-state index in [2.05, 4.69) is 5.32 Å². The minimum Gasteiger partial charge on any atom is -0.481 e. The van der Waals surface area contributed by atoms with Crippen molar-refractivity contribution >= 4 is 11.9 Å². The molecule has 5 heteroatoms. The van der Waals surface area contributed by atoms with Gasteiger partial charge in [0.25, 0.3) is 0 Å². The molecule has 1 fully saturated rings. The highest BCUT2D eigenvalue weighted by Crippen LogP contribution is 2.24. The van der Waals surface area contributed by atoms with Crippen molar-refractivity contribution in [3.63, 3.8) is 0 Å². The number of nitrogens with one attached hydrogen (secondary N) is 1. The van der Waals surface area contributed by atoms with Crippen LogP contribution in [0.3, 0.4) is 0 Å². The van der Waals surface area contributed by atoms with Gasteiger partial charge in [0.05, 0.1) is 12.0 Å². The largest absolute Gasteiger partial charge is 0.481 e. The molecule has 1 rings (SSSR count). The molecule has 2 N–H and O–H groups in total. The lowest BCUT2D eigenvalue weighted by Gasteiger charge is -2.31. The van der Waals surface area contributed by atoms with Crippen molar-refractivity contribution in [3.05, 3.63) is 0 Å². The molecule has 0 aromatic heterocycles. The number of hydrogen-bond acceptors (Lipinski definition) is 3. The zero-order valence-electron chi connectivity index (χ0n) is 12.2. The van der Waals surface area contributed by atoms with Crippen LogP contribution in [-0.4, -0.2) is 47.1 Å². The van der Waals surface area contributed by atoms with Gasteiger partial charge in [-0.15, -0.1) is 0 Å². The summed E-state index contributed by atoms with van der Waals surface area (Å²) in [7, 11) is 0. The topological polar surface area (TPSA) is 69.6 Å². The second kappa shape index (κ2) is 7.48. The van der Waals surface area contributed by atoms with Gasteiger partial charge in [-0.3, -0.25) is 9.59 Å². The van der Waals surface area contributed by atoms with E-state index in [-0.39, 0.29) is 23.9 Å². The minimum atomic E-state index is -0.689. The molecule has 0 spiro atoms. The Balaban J connectivity index is 2.40. The lowest BCUT2D eigenvalue weighted by molar-refractivity contribution is -0.143. The molecule has 0 radical (unpaired) electrons. The summed E-state index contributed by atoms with van der Waals surface area (Å²) >= 11 is 0. The Kier molecular flexibility index (Phi) is 6.28. The van der Waals surface area contributed by atoms with Crippen LogP contribution in [0.2, 0.25) is 0 Å². The second-order valence-corrected chi connectivity index (χ2v) is 5.29. The Morgan fingerprint density at radius 1 is 1.21 bits per heavy atom. The van der Waals surface area contributed by atoms with Gasteiger partial charge in [0.15, 0.2) is 0 Å². The van der Waals surface area contributed by atoms with Crippen molar-refractivity contribution < 1.29 is 14.7 Å². The molecule has 19 heavy (non-hydrogen) atoms. The first-order chi connectivity index (χ1) is 8.99. The summed E-state index contributed by atoms with van der Waals surface area (Å²) in [6.45, 7) is 7.31. The molecule has 0 aromatic carbocycles. The number of hydrogen-bond donors (Lipinski definition) is 2. The van der Waals surface area contributed by atoms with E-state index in [1.807, 2.05) is 25.7 Å². The summed E-state index contributed by atoms with van der Waals surface area (Å²) in [5, 5.41) is 12.3. The molecule has 1 saturated carbocycles. The van der Waals surface area contributed by atoms with E-state index >= 15 is 0 Å². The zero-order valence-corrected chi connectivity index (χ0v) is 12.2. The van der Waals surface area contributed by atoms with Crippen molar-refractivity contribution in [2.24, 2.45) is 5.92 Å². The number of aliphatic carboxylic acids is 1. The lowest BCUT2D eigenvalue weighted by atomic mass is 9.86. The summed E-state index contributed by atoms with van der Waals surface area (Å²) in [6, 6.07) is 0.0800. The number of carboxylic acid groups (broad SMARTS) is 1. The second-order valence-electron chi connectivity index (χ2n) is 5.29. The van der Waals surface area contributed by atoms with E-state index in [1.165, 1.54) is 0 Å². The Hall–Kier alpha value is -1.10. The third-order valence-corrected chi connectivity index (χ3v) is 4.01. The van der Waals surface area contributed by atoms with Crippen molar-refractivity contribution in [1.82, 2.24) is 10.2 Å². The van der Waals surface area contributed by atoms with E-state index in [0.717, 1.165) is 25.9 Å². The van der Waals surface area contributed by atoms with Gasteiger partial charge < -0.3 is 15.3 Å². The molecule has 0 saturated heterocycles. The Labute approximate surface area is 115 Å². The average molecular weight is 270 g/mol. The third-order valence-electron chi connectivity index (χ3n) is 4.01. The van der Waals surface area contributed by atoms with Gasteiger partial charge in [0.1, 0.15) is 0 Å². The van der Waals surface area contributed by atoms with Crippen LogP contribution < -0.4 is 5.32 Å². The first-order valence-corrected chi connectivity index (χ1v) is 7.27. The summed E-state index contributed by atoms with van der Waals surface area (Å²) in [4.78, 5) is 24.8. The molecule has 5 nitrogen and oxygen atoms in total. The fourth-order valence-electron chi connectivity index (χ4n) is 2.74. The number of carboxylic acids is 1. The first-order valence-electron chi connectivity index (χ1n) is 7.27. The molecular formula is C14H26N2O3. The molecule has 1 amide bonds. The summed E-state index contributed by atoms with van der Waals surface area (Å²) < 4.78 is 0. The number of carbonyl (C=O) groups is 2. The Morgan fingerprint density at radius 3 is 2.16 bits per heavy atom. The highest BCUT2D eigenvalue weighted by atomic mass is 16.4. The highest BCUT2D eigenvalue weighted by molar-refractivity contribution is 5.81. The van der Waals surface area contributed by atoms with Gasteiger partial charge in [0.2, 0.25) is 5.91 Å². The summed E-state index contributed by atoms with van der Waals surface area (Å²) in [5.41, 5.74) is 0. The molecule has 0 aliphatic heterocycles. The van der Waals surface area contributed by atoms with Gasteiger partial charge in [-0.1, -0.05) is 0 Å². The molecular weight excluding hydrogens is 244 g/mol. The molecule has 0 heterocycles. The molecule has 1 atom stereocenters. The van der Waals surface area contributed by atoms with Gasteiger partial charge in [-0.05, 0) is 46.5 Å².